The van der Waals surface area contributed by atoms with E-state index >= 15 is 8.78 Å². The number of rotatable bonds is 6. The van der Waals surface area contributed by atoms with Crippen molar-refractivity contribution in [2.75, 3.05) is 44.4 Å². The molecule has 0 radical (unpaired) electrons. The van der Waals surface area contributed by atoms with Crippen LogP contribution in [0.25, 0.3) is 32.8 Å². The Morgan fingerprint density at radius 2 is 1.96 bits per heavy atom. The molecule has 9 rings (SSSR count). The van der Waals surface area contributed by atoms with E-state index in [0.717, 1.165) is 18.4 Å². The number of hydrogen-bond acceptors (Lipinski definition) is 9. The van der Waals surface area contributed by atoms with E-state index < -0.39 is 23.3 Å². The van der Waals surface area contributed by atoms with E-state index in [1.54, 1.807) is 6.07 Å². The lowest BCUT2D eigenvalue weighted by molar-refractivity contribution is 0.107. The number of aryl methyl sites for hydroxylation is 1. The highest BCUT2D eigenvalue weighted by molar-refractivity contribution is 6.05. The molecule has 3 N–H and O–H groups in total. The summed E-state index contributed by atoms with van der Waals surface area (Å²) >= 11 is 0. The standard InChI is InChI=1S/C36H38F3N5O4/c1-2-19-4-3-5-20-8-23(46)9-24(27(19)20)28-30(38)32-29-33(31(28)39)47-16-26-25-7-6-22(40-25)14-44(26)34(29)42-35(41-32)48-17-36-10-18(15-45)12-43(36)13-21(37)11-36/h3-5,8-9,18,21-22,25-26,40,45-46H,2,6-7,10-17H2,1H3/t18-,21-,22?,25?,26-,36+/m1/s1. The molecule has 4 aromatic rings. The van der Waals surface area contributed by atoms with Crippen molar-refractivity contribution >= 4 is 27.5 Å². The van der Waals surface area contributed by atoms with Crippen molar-refractivity contribution in [1.82, 2.24) is 20.2 Å². The molecule has 0 spiro atoms. The predicted octanol–water partition coefficient (Wildman–Crippen LogP) is 4.87. The van der Waals surface area contributed by atoms with Crippen LogP contribution in [0.3, 0.4) is 0 Å². The van der Waals surface area contributed by atoms with Gasteiger partial charge in [-0.1, -0.05) is 25.1 Å². The van der Waals surface area contributed by atoms with Crippen molar-refractivity contribution in [3.63, 3.8) is 0 Å². The average molecular weight is 662 g/mol. The monoisotopic (exact) mass is 661 g/mol. The number of hydrogen-bond donors (Lipinski definition) is 3. The molecule has 0 amide bonds. The van der Waals surface area contributed by atoms with Gasteiger partial charge in [-0.05, 0) is 65.6 Å². The summed E-state index contributed by atoms with van der Waals surface area (Å²) in [6.45, 7) is 3.63. The van der Waals surface area contributed by atoms with Crippen molar-refractivity contribution in [1.29, 1.82) is 0 Å². The number of benzene rings is 3. The van der Waals surface area contributed by atoms with Crippen LogP contribution in [-0.4, -0.2) is 94.4 Å². The Hall–Kier alpha value is -3.87. The Morgan fingerprint density at radius 3 is 2.79 bits per heavy atom. The number of anilines is 1. The maximum absolute atomic E-state index is 17.2. The van der Waals surface area contributed by atoms with Gasteiger partial charge in [-0.3, -0.25) is 4.90 Å². The van der Waals surface area contributed by atoms with E-state index in [4.69, 9.17) is 14.5 Å². The highest BCUT2D eigenvalue weighted by atomic mass is 19.1. The first-order valence-electron chi connectivity index (χ1n) is 17.0. The van der Waals surface area contributed by atoms with Gasteiger partial charge in [0.05, 0.1) is 22.5 Å². The Labute approximate surface area is 275 Å². The minimum Gasteiger partial charge on any atom is -0.508 e. The van der Waals surface area contributed by atoms with E-state index in [-0.39, 0.29) is 96.4 Å². The van der Waals surface area contributed by atoms with E-state index in [1.807, 2.05) is 30.0 Å². The molecule has 0 aliphatic carbocycles. The van der Waals surface area contributed by atoms with Gasteiger partial charge in [0, 0.05) is 44.7 Å². The van der Waals surface area contributed by atoms with Gasteiger partial charge in [-0.15, -0.1) is 0 Å². The molecule has 4 saturated heterocycles. The summed E-state index contributed by atoms with van der Waals surface area (Å²) in [6, 6.07) is 8.59. The summed E-state index contributed by atoms with van der Waals surface area (Å²) in [5.74, 6) is -1.65. The van der Waals surface area contributed by atoms with Gasteiger partial charge in [0.2, 0.25) is 0 Å². The maximum Gasteiger partial charge on any atom is 0.319 e. The minimum atomic E-state index is -1.01. The van der Waals surface area contributed by atoms with Crippen LogP contribution in [0.2, 0.25) is 0 Å². The number of nitrogens with one attached hydrogen (secondary N) is 1. The van der Waals surface area contributed by atoms with Crippen molar-refractivity contribution in [3.8, 4) is 28.6 Å². The number of nitrogens with zero attached hydrogens (tertiary/aromatic N) is 4. The summed E-state index contributed by atoms with van der Waals surface area (Å²) in [5, 5.41) is 25.7. The molecule has 1 aromatic heterocycles. The summed E-state index contributed by atoms with van der Waals surface area (Å²) in [7, 11) is 0. The predicted molar refractivity (Wildman–Crippen MR) is 175 cm³/mol. The van der Waals surface area contributed by atoms with Gasteiger partial charge < -0.3 is 29.9 Å². The molecule has 6 atom stereocenters. The molecule has 252 valence electrons. The van der Waals surface area contributed by atoms with E-state index in [1.165, 1.54) is 6.07 Å². The third-order valence-electron chi connectivity index (χ3n) is 11.4. The van der Waals surface area contributed by atoms with Crippen LogP contribution >= 0.6 is 0 Å². The number of halogens is 3. The molecule has 9 nitrogen and oxygen atoms in total. The van der Waals surface area contributed by atoms with Crippen molar-refractivity contribution in [2.45, 2.75) is 68.9 Å². The van der Waals surface area contributed by atoms with Crippen molar-refractivity contribution in [2.24, 2.45) is 5.92 Å². The number of ether oxygens (including phenoxy) is 2. The third kappa shape index (κ3) is 4.48. The number of alkyl halides is 1. The molecular formula is C36H38F3N5O4. The van der Waals surface area contributed by atoms with E-state index in [0.29, 0.717) is 42.5 Å². The normalized spacial score (nSPS) is 29.3. The van der Waals surface area contributed by atoms with Crippen LogP contribution in [0.1, 0.15) is 38.2 Å². The van der Waals surface area contributed by atoms with Gasteiger partial charge in [-0.25, -0.2) is 13.2 Å². The third-order valence-corrected chi connectivity index (χ3v) is 11.4. The molecule has 12 heteroatoms. The largest absolute Gasteiger partial charge is 0.508 e. The van der Waals surface area contributed by atoms with Crippen LogP contribution in [0.4, 0.5) is 19.0 Å². The smallest absolute Gasteiger partial charge is 0.319 e. The summed E-state index contributed by atoms with van der Waals surface area (Å²) < 4.78 is 61.5. The van der Waals surface area contributed by atoms with Gasteiger partial charge in [0.25, 0.3) is 0 Å². The molecule has 3 aromatic carbocycles. The number of fused-ring (bicyclic) bond motifs is 7. The molecule has 48 heavy (non-hydrogen) atoms. The summed E-state index contributed by atoms with van der Waals surface area (Å²) in [6.07, 6.45) is 2.33. The molecule has 5 aliphatic rings. The number of aliphatic hydroxyl groups excluding tert-OH is 1. The Balaban J connectivity index is 1.24. The molecule has 2 bridgehead atoms. The molecule has 4 fully saturated rings. The fourth-order valence-corrected chi connectivity index (χ4v) is 9.33. The molecule has 6 heterocycles. The van der Waals surface area contributed by atoms with Crippen LogP contribution in [0.5, 0.6) is 17.5 Å². The maximum atomic E-state index is 17.2. The second-order valence-corrected chi connectivity index (χ2v) is 14.3. The fourth-order valence-electron chi connectivity index (χ4n) is 9.33. The second kappa shape index (κ2) is 11.1. The second-order valence-electron chi connectivity index (χ2n) is 14.3. The minimum absolute atomic E-state index is 0.00431. The Bertz CT molecular complexity index is 1960. The first kappa shape index (κ1) is 30.2. The fraction of sp³-hybridized carbons (Fsp3) is 0.500. The number of phenols is 1. The zero-order chi connectivity index (χ0) is 32.9. The SMILES string of the molecule is CCc1cccc2cc(O)cc(-c3c(F)c4c5c(nc(OC[C@]67C[C@@H](F)CN6C[C@H](CO)C7)nc5c3F)N3CC5CCC(N5)[C@H]3CO4)c12. The number of aromatic nitrogens is 2. The number of piperazine rings is 1. The topological polar surface area (TPSA) is 103 Å². The number of aromatic hydroxyl groups is 1. The van der Waals surface area contributed by atoms with Gasteiger partial charge in [0.1, 0.15) is 36.5 Å². The van der Waals surface area contributed by atoms with Crippen LogP contribution in [0.15, 0.2) is 30.3 Å². The van der Waals surface area contributed by atoms with Crippen LogP contribution in [-0.2, 0) is 6.42 Å². The van der Waals surface area contributed by atoms with Gasteiger partial charge in [0.15, 0.2) is 17.4 Å². The number of phenolic OH excluding ortho intramolecular Hbond substituents is 1. The Kier molecular flexibility index (Phi) is 6.97. The zero-order valence-corrected chi connectivity index (χ0v) is 26.7. The van der Waals surface area contributed by atoms with Gasteiger partial charge in [-0.2, -0.15) is 9.97 Å². The summed E-state index contributed by atoms with van der Waals surface area (Å²) in [5.41, 5.74) is -0.0172. The lowest BCUT2D eigenvalue weighted by Crippen LogP contribution is -2.60. The van der Waals surface area contributed by atoms with E-state index in [2.05, 4.69) is 15.2 Å². The quantitative estimate of drug-likeness (QED) is 0.267. The highest BCUT2D eigenvalue weighted by Crippen LogP contribution is 2.49. The summed E-state index contributed by atoms with van der Waals surface area (Å²) in [4.78, 5) is 13.5. The lowest BCUT2D eigenvalue weighted by Gasteiger charge is -2.40. The highest BCUT2D eigenvalue weighted by Gasteiger charge is 2.53. The first-order valence-corrected chi connectivity index (χ1v) is 17.0. The molecular weight excluding hydrogens is 623 g/mol. The lowest BCUT2D eigenvalue weighted by atomic mass is 9.91. The van der Waals surface area contributed by atoms with E-state index in [9.17, 15) is 14.6 Å². The van der Waals surface area contributed by atoms with Crippen LogP contribution < -0.4 is 19.7 Å². The number of aliphatic hydroxyl groups is 1. The first-order chi connectivity index (χ1) is 23.3. The molecule has 0 saturated carbocycles. The van der Waals surface area contributed by atoms with Gasteiger partial charge >= 0.3 is 6.01 Å². The Morgan fingerprint density at radius 1 is 1.08 bits per heavy atom. The average Bonchev–Trinajstić information content (AvgIpc) is 3.68. The zero-order valence-electron chi connectivity index (χ0n) is 26.7. The molecule has 2 unspecified atom stereocenters. The van der Waals surface area contributed by atoms with Crippen LogP contribution in [0, 0.1) is 17.6 Å². The molecule has 5 aliphatic heterocycles. The van der Waals surface area contributed by atoms with Crippen molar-refractivity contribution < 1.29 is 32.9 Å². The van der Waals surface area contributed by atoms with Crippen molar-refractivity contribution in [3.05, 3.63) is 47.5 Å².